The van der Waals surface area contributed by atoms with Crippen molar-refractivity contribution in [3.8, 4) is 22.3 Å². The number of aryl methyl sites for hydroxylation is 3. The highest BCUT2D eigenvalue weighted by atomic mass is 32.1. The Hall–Kier alpha value is -2.28. The zero-order chi connectivity index (χ0) is 21.1. The van der Waals surface area contributed by atoms with E-state index in [4.69, 9.17) is 4.74 Å². The van der Waals surface area contributed by atoms with Crippen molar-refractivity contribution < 1.29 is 4.74 Å². The molecule has 0 radical (unpaired) electrons. The first-order valence-electron chi connectivity index (χ1n) is 10.6. The molecule has 30 heavy (non-hydrogen) atoms. The molecule has 2 heterocycles. The summed E-state index contributed by atoms with van der Waals surface area (Å²) in [6, 6.07) is 12.7. The Bertz CT molecular complexity index is 991. The third-order valence-electron chi connectivity index (χ3n) is 5.84. The largest absolute Gasteiger partial charge is 0.430 e. The molecule has 0 bridgehead atoms. The molecule has 1 aliphatic heterocycles. The lowest BCUT2D eigenvalue weighted by Gasteiger charge is -2.32. The summed E-state index contributed by atoms with van der Waals surface area (Å²) in [6.45, 7) is 12.1. The van der Waals surface area contributed by atoms with Crippen molar-refractivity contribution in [1.29, 1.82) is 0 Å². The highest BCUT2D eigenvalue weighted by Crippen LogP contribution is 2.31. The van der Waals surface area contributed by atoms with Gasteiger partial charge in [-0.05, 0) is 57.0 Å². The van der Waals surface area contributed by atoms with Gasteiger partial charge in [-0.2, -0.15) is 9.36 Å². The molecule has 0 unspecified atom stereocenters. The molecule has 1 fully saturated rings. The van der Waals surface area contributed by atoms with Crippen LogP contribution < -0.4 is 4.74 Å². The highest BCUT2D eigenvalue weighted by Gasteiger charge is 2.15. The maximum atomic E-state index is 6.11. The van der Waals surface area contributed by atoms with Gasteiger partial charge in [0.15, 0.2) is 5.82 Å². The molecule has 1 aliphatic rings. The lowest BCUT2D eigenvalue weighted by Crippen LogP contribution is -2.45. The fourth-order valence-corrected chi connectivity index (χ4v) is 4.31. The van der Waals surface area contributed by atoms with Crippen molar-refractivity contribution >= 4 is 11.5 Å². The maximum Gasteiger partial charge on any atom is 0.299 e. The predicted molar refractivity (Wildman–Crippen MR) is 124 cm³/mol. The average molecular weight is 423 g/mol. The number of hydrogen-bond acceptors (Lipinski definition) is 6. The quantitative estimate of drug-likeness (QED) is 0.575. The Morgan fingerprint density at radius 2 is 1.70 bits per heavy atom. The molecular formula is C24H30N4OS. The molecule has 0 aliphatic carbocycles. The molecule has 0 N–H and O–H groups in total. The number of ether oxygens (including phenoxy) is 1. The van der Waals surface area contributed by atoms with E-state index in [1.165, 1.54) is 28.2 Å². The van der Waals surface area contributed by atoms with Gasteiger partial charge in [-0.15, -0.1) is 0 Å². The van der Waals surface area contributed by atoms with E-state index in [9.17, 15) is 0 Å². The van der Waals surface area contributed by atoms with Gasteiger partial charge in [0.05, 0.1) is 0 Å². The van der Waals surface area contributed by atoms with E-state index in [-0.39, 0.29) is 0 Å². The Morgan fingerprint density at radius 1 is 0.967 bits per heavy atom. The van der Waals surface area contributed by atoms with Crippen molar-refractivity contribution in [3.63, 3.8) is 0 Å². The van der Waals surface area contributed by atoms with Crippen molar-refractivity contribution in [3.05, 3.63) is 58.7 Å². The zero-order valence-electron chi connectivity index (χ0n) is 18.3. The van der Waals surface area contributed by atoms with Crippen LogP contribution in [0.25, 0.3) is 11.4 Å². The van der Waals surface area contributed by atoms with Gasteiger partial charge in [0.1, 0.15) is 5.75 Å². The molecule has 0 saturated carbocycles. The fraction of sp³-hybridized carbons (Fsp3) is 0.417. The highest BCUT2D eigenvalue weighted by molar-refractivity contribution is 7.07. The van der Waals surface area contributed by atoms with Crippen LogP contribution in [0.4, 0.5) is 0 Å². The molecule has 1 aromatic heterocycles. The summed E-state index contributed by atoms with van der Waals surface area (Å²) in [5.74, 6) is 1.58. The third-order valence-corrected chi connectivity index (χ3v) is 6.44. The second kappa shape index (κ2) is 9.25. The van der Waals surface area contributed by atoms with Crippen LogP contribution in [0.1, 0.15) is 22.3 Å². The Kier molecular flexibility index (Phi) is 6.46. The molecular weight excluding hydrogens is 392 g/mol. The van der Waals surface area contributed by atoms with Gasteiger partial charge in [0.2, 0.25) is 0 Å². The second-order valence-electron chi connectivity index (χ2n) is 8.29. The van der Waals surface area contributed by atoms with Crippen molar-refractivity contribution in [2.24, 2.45) is 0 Å². The SMILES string of the molecule is Cc1ccc(-c2nsc(Oc3cc(C)c(CCN4CCN(C)CC4)cc3C)n2)cc1. The number of aromatic nitrogens is 2. The zero-order valence-corrected chi connectivity index (χ0v) is 19.1. The van der Waals surface area contributed by atoms with E-state index in [0.717, 1.165) is 56.0 Å². The molecule has 1 saturated heterocycles. The molecule has 5 nitrogen and oxygen atoms in total. The van der Waals surface area contributed by atoms with Gasteiger partial charge < -0.3 is 14.5 Å². The first-order valence-corrected chi connectivity index (χ1v) is 11.3. The molecule has 6 heteroatoms. The molecule has 158 valence electrons. The van der Waals surface area contributed by atoms with Gasteiger partial charge in [-0.1, -0.05) is 35.9 Å². The number of piperazine rings is 1. The van der Waals surface area contributed by atoms with Gasteiger partial charge >= 0.3 is 0 Å². The topological polar surface area (TPSA) is 41.5 Å². The summed E-state index contributed by atoms with van der Waals surface area (Å²) in [4.78, 5) is 9.54. The van der Waals surface area contributed by atoms with E-state index >= 15 is 0 Å². The van der Waals surface area contributed by atoms with Gasteiger partial charge in [-0.3, -0.25) is 0 Å². The summed E-state index contributed by atoms with van der Waals surface area (Å²) < 4.78 is 10.6. The number of hydrogen-bond donors (Lipinski definition) is 0. The Morgan fingerprint density at radius 3 is 2.43 bits per heavy atom. The van der Waals surface area contributed by atoms with E-state index in [0.29, 0.717) is 11.0 Å². The smallest absolute Gasteiger partial charge is 0.299 e. The Labute approximate surface area is 183 Å². The van der Waals surface area contributed by atoms with Crippen molar-refractivity contribution in [2.45, 2.75) is 27.2 Å². The standard InChI is InChI=1S/C24H30N4OS/c1-17-5-7-20(8-6-17)23-25-24(30-26-23)29-22-16-18(2)21(15-19(22)3)9-10-28-13-11-27(4)12-14-28/h5-8,15-16H,9-14H2,1-4H3. The lowest BCUT2D eigenvalue weighted by atomic mass is 10.0. The normalized spacial score (nSPS) is 15.5. The van der Waals surface area contributed by atoms with Crippen LogP contribution in [-0.2, 0) is 6.42 Å². The van der Waals surface area contributed by atoms with E-state index in [1.54, 1.807) is 0 Å². The number of nitrogens with zero attached hydrogens (tertiary/aromatic N) is 4. The average Bonchev–Trinajstić information content (AvgIpc) is 3.20. The fourth-order valence-electron chi connectivity index (χ4n) is 3.74. The third kappa shape index (κ3) is 5.06. The van der Waals surface area contributed by atoms with Crippen LogP contribution in [-0.4, -0.2) is 58.9 Å². The minimum Gasteiger partial charge on any atom is -0.430 e. The van der Waals surface area contributed by atoms with E-state index < -0.39 is 0 Å². The first-order chi connectivity index (χ1) is 14.5. The second-order valence-corrected chi connectivity index (χ2v) is 9.01. The van der Waals surface area contributed by atoms with Crippen LogP contribution in [0.15, 0.2) is 36.4 Å². The van der Waals surface area contributed by atoms with Gasteiger partial charge in [-0.25, -0.2) is 0 Å². The molecule has 2 aromatic carbocycles. The minimum absolute atomic E-state index is 0.582. The molecule has 3 aromatic rings. The van der Waals surface area contributed by atoms with Gasteiger partial charge in [0, 0.05) is 49.8 Å². The molecule has 0 amide bonds. The van der Waals surface area contributed by atoms with E-state index in [2.05, 4.69) is 71.2 Å². The first kappa shape index (κ1) is 21.0. The number of likely N-dealkylation sites (N-methyl/N-ethyl adjacent to an activating group) is 1. The van der Waals surface area contributed by atoms with Crippen LogP contribution in [0, 0.1) is 20.8 Å². The minimum atomic E-state index is 0.582. The molecule has 0 spiro atoms. The predicted octanol–water partition coefficient (Wildman–Crippen LogP) is 4.71. The number of benzene rings is 2. The Balaban J connectivity index is 1.41. The van der Waals surface area contributed by atoms with Crippen molar-refractivity contribution in [2.75, 3.05) is 39.8 Å². The summed E-state index contributed by atoms with van der Waals surface area (Å²) in [7, 11) is 2.20. The van der Waals surface area contributed by atoms with Gasteiger partial charge in [0.25, 0.3) is 5.19 Å². The summed E-state index contributed by atoms with van der Waals surface area (Å²) in [6.07, 6.45) is 1.08. The van der Waals surface area contributed by atoms with E-state index in [1.807, 2.05) is 12.1 Å². The van der Waals surface area contributed by atoms with Crippen LogP contribution in [0.2, 0.25) is 0 Å². The van der Waals surface area contributed by atoms with Crippen LogP contribution in [0.3, 0.4) is 0 Å². The monoisotopic (exact) mass is 422 g/mol. The maximum absolute atomic E-state index is 6.11. The molecule has 0 atom stereocenters. The lowest BCUT2D eigenvalue weighted by molar-refractivity contribution is 0.155. The summed E-state index contributed by atoms with van der Waals surface area (Å²) in [5, 5.41) is 0.582. The summed E-state index contributed by atoms with van der Waals surface area (Å²) in [5.41, 5.74) is 6.05. The number of rotatable bonds is 6. The molecule has 4 rings (SSSR count). The summed E-state index contributed by atoms with van der Waals surface area (Å²) >= 11 is 1.30. The van der Waals surface area contributed by atoms with Crippen LogP contribution in [0.5, 0.6) is 10.9 Å². The van der Waals surface area contributed by atoms with Crippen LogP contribution >= 0.6 is 11.5 Å². The van der Waals surface area contributed by atoms with Crippen molar-refractivity contribution in [1.82, 2.24) is 19.2 Å².